The molecule has 1 rings (SSSR count). The SMILES string of the molecule is CCCCCCCCCCCCCC(=O)OC1C(OCC(COC(=O)CCCCCCCCCCC)OC(=O)CCCCCCCCCCC)OC(C(=O)O)C(O)C1O. The van der Waals surface area contributed by atoms with Crippen molar-refractivity contribution in [1.29, 1.82) is 0 Å². The third-order valence-electron chi connectivity index (χ3n) is 11.2. The predicted octanol–water partition coefficient (Wildman–Crippen LogP) is 10.4. The van der Waals surface area contributed by atoms with Gasteiger partial charge in [-0.15, -0.1) is 0 Å². The molecule has 0 aromatic heterocycles. The monoisotopic (exact) mass is 843 g/mol. The minimum atomic E-state index is -1.89. The predicted molar refractivity (Wildman–Crippen MR) is 230 cm³/mol. The number of hydrogen-bond acceptors (Lipinski definition) is 11. The van der Waals surface area contributed by atoms with E-state index in [2.05, 4.69) is 20.8 Å². The van der Waals surface area contributed by atoms with E-state index in [1.807, 2.05) is 0 Å². The van der Waals surface area contributed by atoms with Crippen molar-refractivity contribution in [2.24, 2.45) is 0 Å². The molecule has 1 aliphatic rings. The van der Waals surface area contributed by atoms with Gasteiger partial charge in [-0.25, -0.2) is 4.79 Å². The highest BCUT2D eigenvalue weighted by atomic mass is 16.7. The Balaban J connectivity index is 2.76. The van der Waals surface area contributed by atoms with Crippen molar-refractivity contribution in [3.05, 3.63) is 0 Å². The second-order valence-corrected chi connectivity index (χ2v) is 16.8. The van der Waals surface area contributed by atoms with E-state index in [1.165, 1.54) is 103 Å². The van der Waals surface area contributed by atoms with E-state index in [4.69, 9.17) is 23.7 Å². The van der Waals surface area contributed by atoms with Gasteiger partial charge in [-0.05, 0) is 19.3 Å². The van der Waals surface area contributed by atoms with Crippen molar-refractivity contribution in [2.45, 2.75) is 263 Å². The molecule has 1 heterocycles. The highest BCUT2D eigenvalue weighted by Crippen LogP contribution is 2.26. The van der Waals surface area contributed by atoms with Crippen LogP contribution < -0.4 is 0 Å². The number of rotatable bonds is 40. The number of carbonyl (C=O) groups is 4. The second kappa shape index (κ2) is 37.5. The quantitative estimate of drug-likeness (QED) is 0.0303. The zero-order valence-corrected chi connectivity index (χ0v) is 37.5. The molecule has 1 saturated heterocycles. The fourth-order valence-electron chi connectivity index (χ4n) is 7.43. The topological polar surface area (TPSA) is 175 Å². The van der Waals surface area contributed by atoms with E-state index in [0.717, 1.165) is 64.2 Å². The summed E-state index contributed by atoms with van der Waals surface area (Å²) in [5.74, 6) is -3.10. The number of unbranched alkanes of at least 4 members (excludes halogenated alkanes) is 26. The number of ether oxygens (including phenoxy) is 5. The fraction of sp³-hybridized carbons (Fsp3) is 0.915. The molecule has 346 valence electrons. The van der Waals surface area contributed by atoms with Crippen LogP contribution in [0.25, 0.3) is 0 Å². The number of carboxylic acids is 1. The highest BCUT2D eigenvalue weighted by Gasteiger charge is 2.50. The molecule has 0 spiro atoms. The molecule has 0 aromatic carbocycles. The van der Waals surface area contributed by atoms with Gasteiger partial charge in [-0.3, -0.25) is 14.4 Å². The maximum atomic E-state index is 12.9. The lowest BCUT2D eigenvalue weighted by molar-refractivity contribution is -0.301. The van der Waals surface area contributed by atoms with Gasteiger partial charge in [-0.1, -0.05) is 188 Å². The molecule has 12 heteroatoms. The molecule has 6 unspecified atom stereocenters. The van der Waals surface area contributed by atoms with Crippen molar-refractivity contribution in [1.82, 2.24) is 0 Å². The molecule has 0 radical (unpaired) electrons. The van der Waals surface area contributed by atoms with Gasteiger partial charge in [-0.2, -0.15) is 0 Å². The van der Waals surface area contributed by atoms with Gasteiger partial charge in [0.05, 0.1) is 6.61 Å². The van der Waals surface area contributed by atoms with Crippen LogP contribution in [-0.4, -0.2) is 89.2 Å². The summed E-state index contributed by atoms with van der Waals surface area (Å²) in [7, 11) is 0. The average Bonchev–Trinajstić information content (AvgIpc) is 3.21. The Morgan fingerprint density at radius 1 is 0.492 bits per heavy atom. The second-order valence-electron chi connectivity index (χ2n) is 16.8. The van der Waals surface area contributed by atoms with Crippen LogP contribution in [0.2, 0.25) is 0 Å². The van der Waals surface area contributed by atoms with Crippen LogP contribution in [0, 0.1) is 0 Å². The summed E-state index contributed by atoms with van der Waals surface area (Å²) in [5, 5.41) is 31.1. The first-order chi connectivity index (χ1) is 28.6. The van der Waals surface area contributed by atoms with E-state index >= 15 is 0 Å². The van der Waals surface area contributed by atoms with Crippen LogP contribution >= 0.6 is 0 Å². The Morgan fingerprint density at radius 2 is 0.864 bits per heavy atom. The zero-order valence-electron chi connectivity index (χ0n) is 37.5. The molecule has 0 amide bonds. The standard InChI is InChI=1S/C47H86O12/c1-4-7-10-13-16-19-20-23-26-29-32-35-41(50)58-45-43(52)42(51)44(46(53)54)59-47(45)56-37-38(57-40(49)34-31-28-25-22-18-15-12-9-6-3)36-55-39(48)33-30-27-24-21-17-14-11-8-5-2/h38,42-45,47,51-52H,4-37H2,1-3H3,(H,53,54). The first kappa shape index (κ1) is 54.7. The Bertz CT molecular complexity index is 1050. The van der Waals surface area contributed by atoms with Crippen molar-refractivity contribution in [2.75, 3.05) is 13.2 Å². The third-order valence-corrected chi connectivity index (χ3v) is 11.2. The summed E-state index contributed by atoms with van der Waals surface area (Å²) in [4.78, 5) is 50.4. The number of esters is 3. The van der Waals surface area contributed by atoms with Gasteiger partial charge >= 0.3 is 23.9 Å². The first-order valence-corrected chi connectivity index (χ1v) is 24.0. The minimum absolute atomic E-state index is 0.0689. The average molecular weight is 843 g/mol. The van der Waals surface area contributed by atoms with E-state index < -0.39 is 67.3 Å². The number of carbonyl (C=O) groups excluding carboxylic acids is 3. The highest BCUT2D eigenvalue weighted by molar-refractivity contribution is 5.74. The summed E-state index contributed by atoms with van der Waals surface area (Å²) >= 11 is 0. The molecule has 3 N–H and O–H groups in total. The van der Waals surface area contributed by atoms with Crippen LogP contribution in [0.5, 0.6) is 0 Å². The van der Waals surface area contributed by atoms with Gasteiger partial charge in [0.15, 0.2) is 24.6 Å². The van der Waals surface area contributed by atoms with Gasteiger partial charge in [0.1, 0.15) is 18.8 Å². The summed E-state index contributed by atoms with van der Waals surface area (Å²) < 4.78 is 28.1. The number of carboxylic acid groups (broad SMARTS) is 1. The van der Waals surface area contributed by atoms with E-state index in [-0.39, 0.29) is 25.9 Å². The van der Waals surface area contributed by atoms with Crippen molar-refractivity contribution < 1.29 is 58.2 Å². The van der Waals surface area contributed by atoms with E-state index in [9.17, 15) is 34.5 Å². The van der Waals surface area contributed by atoms with E-state index in [1.54, 1.807) is 0 Å². The zero-order chi connectivity index (χ0) is 43.4. The molecular weight excluding hydrogens is 757 g/mol. The number of aliphatic hydroxyl groups excluding tert-OH is 2. The maximum Gasteiger partial charge on any atom is 0.335 e. The lowest BCUT2D eigenvalue weighted by Crippen LogP contribution is -2.61. The van der Waals surface area contributed by atoms with Gasteiger partial charge in [0.25, 0.3) is 0 Å². The minimum Gasteiger partial charge on any atom is -0.479 e. The lowest BCUT2D eigenvalue weighted by atomic mass is 9.98. The molecule has 59 heavy (non-hydrogen) atoms. The maximum absolute atomic E-state index is 12.9. The van der Waals surface area contributed by atoms with Crippen molar-refractivity contribution in [3.8, 4) is 0 Å². The van der Waals surface area contributed by atoms with Crippen LogP contribution in [-0.2, 0) is 42.9 Å². The van der Waals surface area contributed by atoms with Gasteiger partial charge in [0, 0.05) is 19.3 Å². The Morgan fingerprint density at radius 3 is 1.27 bits per heavy atom. The smallest absolute Gasteiger partial charge is 0.335 e. The molecule has 0 aliphatic carbocycles. The van der Waals surface area contributed by atoms with Crippen molar-refractivity contribution in [3.63, 3.8) is 0 Å². The van der Waals surface area contributed by atoms with Crippen LogP contribution in [0.1, 0.15) is 226 Å². The van der Waals surface area contributed by atoms with Crippen molar-refractivity contribution >= 4 is 23.9 Å². The largest absolute Gasteiger partial charge is 0.479 e. The number of hydrogen-bond donors (Lipinski definition) is 3. The van der Waals surface area contributed by atoms with Crippen LogP contribution in [0.15, 0.2) is 0 Å². The summed E-state index contributed by atoms with van der Waals surface area (Å²) in [6.07, 6.45) is 22.7. The molecule has 6 atom stereocenters. The Kier molecular flexibility index (Phi) is 34.8. The van der Waals surface area contributed by atoms with Gasteiger partial charge in [0.2, 0.25) is 0 Å². The number of aliphatic carboxylic acids is 1. The third kappa shape index (κ3) is 28.8. The molecule has 1 fully saturated rings. The number of aliphatic hydroxyl groups is 2. The molecule has 0 saturated carbocycles. The van der Waals surface area contributed by atoms with E-state index in [0.29, 0.717) is 19.3 Å². The summed E-state index contributed by atoms with van der Waals surface area (Å²) in [5.41, 5.74) is 0. The van der Waals surface area contributed by atoms with Gasteiger partial charge < -0.3 is 39.0 Å². The lowest BCUT2D eigenvalue weighted by Gasteiger charge is -2.40. The molecule has 0 aromatic rings. The molecule has 0 bridgehead atoms. The summed E-state index contributed by atoms with van der Waals surface area (Å²) in [6, 6.07) is 0. The molecule has 12 nitrogen and oxygen atoms in total. The summed E-state index contributed by atoms with van der Waals surface area (Å²) in [6.45, 7) is 5.90. The first-order valence-electron chi connectivity index (χ1n) is 24.0. The Hall–Kier alpha value is -2.28. The van der Waals surface area contributed by atoms with Crippen LogP contribution in [0.4, 0.5) is 0 Å². The Labute approximate surface area is 357 Å². The molecular formula is C47H86O12. The molecule has 1 aliphatic heterocycles. The fourth-order valence-corrected chi connectivity index (χ4v) is 7.43. The van der Waals surface area contributed by atoms with Crippen LogP contribution in [0.3, 0.4) is 0 Å². The normalized spacial score (nSPS) is 19.6.